The zero-order valence-electron chi connectivity index (χ0n) is 22.9. The Hall–Kier alpha value is -4.12. The first-order chi connectivity index (χ1) is 20.1. The summed E-state index contributed by atoms with van der Waals surface area (Å²) in [4.78, 5) is 43.6. The Labute approximate surface area is 253 Å². The smallest absolute Gasteiger partial charge is 0.338 e. The van der Waals surface area contributed by atoms with Crippen LogP contribution in [0.1, 0.15) is 38.1 Å². The fourth-order valence-electron chi connectivity index (χ4n) is 4.59. The lowest BCUT2D eigenvalue weighted by Gasteiger charge is -2.25. The van der Waals surface area contributed by atoms with Crippen molar-refractivity contribution in [3.05, 3.63) is 101 Å². The second-order valence-corrected chi connectivity index (χ2v) is 11.0. The topological polar surface area (TPSA) is 109 Å². The highest BCUT2D eigenvalue weighted by Crippen LogP contribution is 2.36. The number of allylic oxidation sites excluding steroid dienone is 1. The molecule has 0 fully saturated rings. The number of carbonyl (C=O) groups excluding carboxylic acids is 2. The van der Waals surface area contributed by atoms with Crippen LogP contribution in [0, 0.1) is 0 Å². The van der Waals surface area contributed by atoms with Crippen LogP contribution >= 0.6 is 34.5 Å². The number of furan rings is 1. The van der Waals surface area contributed by atoms with Gasteiger partial charge in [-0.25, -0.2) is 9.79 Å². The van der Waals surface area contributed by atoms with E-state index in [2.05, 4.69) is 4.99 Å². The van der Waals surface area contributed by atoms with Crippen molar-refractivity contribution in [1.29, 1.82) is 0 Å². The second kappa shape index (κ2) is 12.0. The van der Waals surface area contributed by atoms with E-state index in [9.17, 15) is 14.4 Å². The Morgan fingerprint density at radius 1 is 1.12 bits per heavy atom. The van der Waals surface area contributed by atoms with Crippen molar-refractivity contribution in [1.82, 2.24) is 4.57 Å². The molecule has 1 aliphatic heterocycles. The molecule has 0 saturated carbocycles. The van der Waals surface area contributed by atoms with Gasteiger partial charge in [-0.1, -0.05) is 40.6 Å². The maximum atomic E-state index is 13.9. The molecule has 3 heterocycles. The average Bonchev–Trinajstić information content (AvgIpc) is 3.53. The fourth-order valence-corrected chi connectivity index (χ4v) is 6.00. The van der Waals surface area contributed by atoms with Crippen molar-refractivity contribution in [2.75, 3.05) is 13.7 Å². The van der Waals surface area contributed by atoms with Crippen molar-refractivity contribution < 1.29 is 28.2 Å². The van der Waals surface area contributed by atoms with E-state index in [1.807, 2.05) is 0 Å². The first-order valence-corrected chi connectivity index (χ1v) is 14.3. The van der Waals surface area contributed by atoms with Crippen LogP contribution < -0.4 is 24.4 Å². The van der Waals surface area contributed by atoms with E-state index < -0.39 is 18.0 Å². The van der Waals surface area contributed by atoms with Crippen molar-refractivity contribution in [2.45, 2.75) is 26.8 Å². The zero-order valence-corrected chi connectivity index (χ0v) is 25.2. The first kappa shape index (κ1) is 29.4. The highest BCUT2D eigenvalue weighted by atomic mass is 35.5. The Morgan fingerprint density at radius 3 is 2.62 bits per heavy atom. The number of ether oxygens (including phenoxy) is 3. The standard InChI is InChI=1S/C30H24Cl2N2O7S/c1-5-39-29(37)26-15(2)33-30-34(27(26)17-6-10-23(40-16(3)35)24(12-17)38-4)28(36)25(42-30)14-19-8-11-22(41-19)20-13-18(31)7-9-21(20)32/h6-14,27H,5H2,1-4H3/b25-14+/t27-/m1/s1. The SMILES string of the molecule is CCOC(=O)C1=C(C)N=c2s/c(=C/c3ccc(-c4cc(Cl)ccc4Cl)o3)c(=O)n2[C@@H]1c1ccc(OC(C)=O)c(OC)c1. The quantitative estimate of drug-likeness (QED) is 0.202. The summed E-state index contributed by atoms with van der Waals surface area (Å²) in [5, 5.41) is 0.975. The maximum absolute atomic E-state index is 13.9. The molecule has 5 rings (SSSR count). The molecule has 12 heteroatoms. The third-order valence-corrected chi connectivity index (χ3v) is 7.92. The first-order valence-electron chi connectivity index (χ1n) is 12.7. The molecular weight excluding hydrogens is 603 g/mol. The summed E-state index contributed by atoms with van der Waals surface area (Å²) < 4.78 is 23.8. The number of esters is 2. The van der Waals surface area contributed by atoms with Gasteiger partial charge in [-0.15, -0.1) is 0 Å². The maximum Gasteiger partial charge on any atom is 0.338 e. The number of nitrogens with zero attached hydrogens (tertiary/aromatic N) is 2. The van der Waals surface area contributed by atoms with E-state index in [4.69, 9.17) is 41.8 Å². The Balaban J connectivity index is 1.65. The summed E-state index contributed by atoms with van der Waals surface area (Å²) in [6.07, 6.45) is 1.61. The van der Waals surface area contributed by atoms with Gasteiger partial charge in [0.2, 0.25) is 0 Å². The van der Waals surface area contributed by atoms with Crippen molar-refractivity contribution >= 4 is 52.6 Å². The zero-order chi connectivity index (χ0) is 30.1. The molecule has 0 N–H and O–H groups in total. The van der Waals surface area contributed by atoms with Crippen LogP contribution in [0.15, 0.2) is 74.0 Å². The predicted octanol–water partition coefficient (Wildman–Crippen LogP) is 5.30. The van der Waals surface area contributed by atoms with Crippen molar-refractivity contribution in [3.8, 4) is 22.8 Å². The lowest BCUT2D eigenvalue weighted by atomic mass is 9.95. The number of halogens is 2. The van der Waals surface area contributed by atoms with E-state index in [-0.39, 0.29) is 29.2 Å². The van der Waals surface area contributed by atoms with E-state index in [1.165, 1.54) is 18.6 Å². The summed E-state index contributed by atoms with van der Waals surface area (Å²) in [5.41, 5.74) is 1.37. The van der Waals surface area contributed by atoms with Gasteiger partial charge in [-0.05, 0) is 61.9 Å². The number of fused-ring (bicyclic) bond motifs is 1. The highest BCUT2D eigenvalue weighted by molar-refractivity contribution is 7.07. The molecule has 216 valence electrons. The summed E-state index contributed by atoms with van der Waals surface area (Å²) in [5.74, 6) is 0.237. The van der Waals surface area contributed by atoms with Gasteiger partial charge >= 0.3 is 11.9 Å². The van der Waals surface area contributed by atoms with Crippen LogP contribution in [0.5, 0.6) is 11.5 Å². The molecular formula is C30H24Cl2N2O7S. The lowest BCUT2D eigenvalue weighted by molar-refractivity contribution is -0.139. The number of rotatable bonds is 7. The molecule has 42 heavy (non-hydrogen) atoms. The van der Waals surface area contributed by atoms with Crippen LogP contribution in [0.2, 0.25) is 10.0 Å². The molecule has 0 amide bonds. The molecule has 2 aromatic heterocycles. The number of hydrogen-bond acceptors (Lipinski definition) is 9. The number of benzene rings is 2. The second-order valence-electron chi connectivity index (χ2n) is 9.13. The summed E-state index contributed by atoms with van der Waals surface area (Å²) >= 11 is 13.6. The van der Waals surface area contributed by atoms with Gasteiger partial charge < -0.3 is 18.6 Å². The van der Waals surface area contributed by atoms with Crippen LogP contribution in [0.4, 0.5) is 0 Å². The molecule has 0 spiro atoms. The summed E-state index contributed by atoms with van der Waals surface area (Å²) in [6, 6.07) is 12.5. The molecule has 0 unspecified atom stereocenters. The third kappa shape index (κ3) is 5.65. The predicted molar refractivity (Wildman–Crippen MR) is 159 cm³/mol. The van der Waals surface area contributed by atoms with Crippen molar-refractivity contribution in [3.63, 3.8) is 0 Å². The Kier molecular flexibility index (Phi) is 8.40. The number of thiazole rings is 1. The molecule has 1 aliphatic rings. The van der Waals surface area contributed by atoms with Crippen LogP contribution in [-0.4, -0.2) is 30.2 Å². The molecule has 4 aromatic rings. The lowest BCUT2D eigenvalue weighted by Crippen LogP contribution is -2.39. The average molecular weight is 628 g/mol. The number of methoxy groups -OCH3 is 1. The van der Waals surface area contributed by atoms with Gasteiger partial charge in [-0.3, -0.25) is 14.2 Å². The van der Waals surface area contributed by atoms with Gasteiger partial charge in [0.05, 0.1) is 40.6 Å². The summed E-state index contributed by atoms with van der Waals surface area (Å²) in [7, 11) is 1.43. The van der Waals surface area contributed by atoms with Gasteiger partial charge in [0.25, 0.3) is 5.56 Å². The molecule has 0 bridgehead atoms. The Morgan fingerprint density at radius 2 is 1.90 bits per heavy atom. The van der Waals surface area contributed by atoms with Gasteiger partial charge in [0, 0.05) is 23.6 Å². The van der Waals surface area contributed by atoms with Crippen LogP contribution in [0.25, 0.3) is 17.4 Å². The summed E-state index contributed by atoms with van der Waals surface area (Å²) in [6.45, 7) is 4.80. The fraction of sp³-hybridized carbons (Fsp3) is 0.200. The van der Waals surface area contributed by atoms with Crippen molar-refractivity contribution in [2.24, 2.45) is 4.99 Å². The minimum Gasteiger partial charge on any atom is -0.493 e. The van der Waals surface area contributed by atoms with E-state index >= 15 is 0 Å². The number of carbonyl (C=O) groups is 2. The van der Waals surface area contributed by atoms with Gasteiger partial charge in [-0.2, -0.15) is 0 Å². The molecule has 1 atom stereocenters. The van der Waals surface area contributed by atoms with E-state index in [1.54, 1.807) is 68.5 Å². The van der Waals surface area contributed by atoms with E-state index in [0.717, 1.165) is 11.3 Å². The minimum atomic E-state index is -0.889. The molecule has 0 saturated heterocycles. The molecule has 0 radical (unpaired) electrons. The largest absolute Gasteiger partial charge is 0.493 e. The third-order valence-electron chi connectivity index (χ3n) is 6.37. The highest BCUT2D eigenvalue weighted by Gasteiger charge is 2.34. The monoisotopic (exact) mass is 626 g/mol. The van der Waals surface area contributed by atoms with Crippen LogP contribution in [0.3, 0.4) is 0 Å². The number of aromatic nitrogens is 1. The molecule has 2 aromatic carbocycles. The number of hydrogen-bond donors (Lipinski definition) is 0. The van der Waals surface area contributed by atoms with Gasteiger partial charge in [0.15, 0.2) is 16.3 Å². The minimum absolute atomic E-state index is 0.138. The molecule has 9 nitrogen and oxygen atoms in total. The van der Waals surface area contributed by atoms with Crippen LogP contribution in [-0.2, 0) is 14.3 Å². The Bertz CT molecular complexity index is 1940. The van der Waals surface area contributed by atoms with E-state index in [0.29, 0.717) is 47.7 Å². The normalized spacial score (nSPS) is 14.8. The molecule has 0 aliphatic carbocycles. The van der Waals surface area contributed by atoms with Gasteiger partial charge in [0.1, 0.15) is 11.5 Å².